The highest BCUT2D eigenvalue weighted by Crippen LogP contribution is 2.36. The third-order valence-corrected chi connectivity index (χ3v) is 5.98. The van der Waals surface area contributed by atoms with Crippen LogP contribution in [0.4, 0.5) is 5.69 Å². The van der Waals surface area contributed by atoms with E-state index in [1.165, 1.54) is 7.11 Å². The molecule has 0 saturated carbocycles. The summed E-state index contributed by atoms with van der Waals surface area (Å²) in [7, 11) is -2.64. The van der Waals surface area contributed by atoms with Crippen molar-refractivity contribution in [3.63, 3.8) is 0 Å². The summed E-state index contributed by atoms with van der Waals surface area (Å²) in [6.45, 7) is 9.77. The molecule has 1 saturated heterocycles. The molecule has 25 heavy (non-hydrogen) atoms. The van der Waals surface area contributed by atoms with Gasteiger partial charge in [-0.25, -0.2) is 13.4 Å². The molecular formula is C16H27BN2O5S. The van der Waals surface area contributed by atoms with E-state index in [2.05, 4.69) is 9.71 Å². The van der Waals surface area contributed by atoms with Gasteiger partial charge >= 0.3 is 7.12 Å². The number of sulfonamides is 1. The van der Waals surface area contributed by atoms with Crippen molar-refractivity contribution < 1.29 is 22.5 Å². The molecule has 0 atom stereocenters. The standard InChI is InChI=1S/C16H27BN2O5S/c1-7-8-9-25(20,21)19-13-10-12(11-18-14(13)22-6)17-23-15(2,3)16(4,5)24-17/h10-11,19H,7-9H2,1-6H3. The minimum absolute atomic E-state index is 0.0490. The SMILES string of the molecule is CCCCS(=O)(=O)Nc1cc(B2OC(C)(C)C(C)(C)O2)cnc1OC. The number of nitrogens with zero attached hydrogens (tertiary/aromatic N) is 1. The molecule has 7 nitrogen and oxygen atoms in total. The van der Waals surface area contributed by atoms with Crippen molar-refractivity contribution >= 4 is 28.3 Å². The Morgan fingerprint density at radius 3 is 2.36 bits per heavy atom. The van der Waals surface area contributed by atoms with Crippen LogP contribution in [0.3, 0.4) is 0 Å². The number of ether oxygens (including phenoxy) is 1. The van der Waals surface area contributed by atoms with Gasteiger partial charge in [-0.3, -0.25) is 4.72 Å². The zero-order valence-corrected chi connectivity index (χ0v) is 16.6. The Morgan fingerprint density at radius 1 is 1.24 bits per heavy atom. The lowest BCUT2D eigenvalue weighted by Crippen LogP contribution is -2.41. The van der Waals surface area contributed by atoms with Gasteiger partial charge in [0.05, 0.1) is 24.1 Å². The number of hydrogen-bond acceptors (Lipinski definition) is 6. The maximum atomic E-state index is 12.2. The van der Waals surface area contributed by atoms with Crippen LogP contribution in [0.1, 0.15) is 47.5 Å². The van der Waals surface area contributed by atoms with E-state index in [1.807, 2.05) is 34.6 Å². The van der Waals surface area contributed by atoms with Gasteiger partial charge in [0.2, 0.25) is 15.9 Å². The molecule has 2 heterocycles. The van der Waals surface area contributed by atoms with E-state index in [-0.39, 0.29) is 17.3 Å². The molecule has 0 spiro atoms. The molecule has 0 aromatic carbocycles. The zero-order valence-electron chi connectivity index (χ0n) is 15.8. The van der Waals surface area contributed by atoms with Crippen molar-refractivity contribution in [2.45, 2.75) is 58.7 Å². The van der Waals surface area contributed by atoms with Gasteiger partial charge in [0.25, 0.3) is 0 Å². The Bertz CT molecular complexity index is 705. The van der Waals surface area contributed by atoms with Crippen LogP contribution in [0.2, 0.25) is 0 Å². The lowest BCUT2D eigenvalue weighted by atomic mass is 9.80. The third kappa shape index (κ3) is 4.45. The Hall–Kier alpha value is -1.32. The maximum absolute atomic E-state index is 12.2. The smallest absolute Gasteiger partial charge is 0.480 e. The Balaban J connectivity index is 2.29. The summed E-state index contributed by atoms with van der Waals surface area (Å²) in [4.78, 5) is 4.19. The lowest BCUT2D eigenvalue weighted by molar-refractivity contribution is 0.00578. The minimum Gasteiger partial charge on any atom is -0.480 e. The number of methoxy groups -OCH3 is 1. The average Bonchev–Trinajstić information content (AvgIpc) is 2.73. The monoisotopic (exact) mass is 370 g/mol. The highest BCUT2D eigenvalue weighted by atomic mass is 32.2. The van der Waals surface area contributed by atoms with E-state index in [9.17, 15) is 8.42 Å². The summed E-state index contributed by atoms with van der Waals surface area (Å²) in [5, 5.41) is 0. The molecule has 0 radical (unpaired) electrons. The van der Waals surface area contributed by atoms with Crippen molar-refractivity contribution in [2.75, 3.05) is 17.6 Å². The average molecular weight is 370 g/mol. The second-order valence-electron chi connectivity index (χ2n) is 7.19. The summed E-state index contributed by atoms with van der Waals surface area (Å²) in [5.41, 5.74) is -0.0602. The summed E-state index contributed by atoms with van der Waals surface area (Å²) >= 11 is 0. The number of hydrogen-bond donors (Lipinski definition) is 1. The fourth-order valence-corrected chi connectivity index (χ4v) is 3.62. The van der Waals surface area contributed by atoms with Crippen molar-refractivity contribution in [2.24, 2.45) is 0 Å². The second-order valence-corrected chi connectivity index (χ2v) is 9.03. The molecular weight excluding hydrogens is 343 g/mol. The van der Waals surface area contributed by atoms with E-state index in [4.69, 9.17) is 14.0 Å². The molecule has 0 bridgehead atoms. The van der Waals surface area contributed by atoms with Gasteiger partial charge in [-0.05, 0) is 40.2 Å². The van der Waals surface area contributed by atoms with E-state index in [1.54, 1.807) is 12.3 Å². The molecule has 1 fully saturated rings. The Morgan fingerprint density at radius 2 is 1.84 bits per heavy atom. The van der Waals surface area contributed by atoms with Gasteiger partial charge in [0, 0.05) is 11.7 Å². The van der Waals surface area contributed by atoms with Crippen LogP contribution in [0, 0.1) is 0 Å². The van der Waals surface area contributed by atoms with Crippen LogP contribution in [0.15, 0.2) is 12.3 Å². The number of nitrogens with one attached hydrogen (secondary N) is 1. The fraction of sp³-hybridized carbons (Fsp3) is 0.688. The maximum Gasteiger partial charge on any atom is 0.496 e. The zero-order chi connectivity index (χ0) is 18.9. The fourth-order valence-electron chi connectivity index (χ4n) is 2.37. The van der Waals surface area contributed by atoms with Crippen molar-refractivity contribution in [1.82, 2.24) is 4.98 Å². The molecule has 0 unspecified atom stereocenters. The molecule has 1 aromatic heterocycles. The van der Waals surface area contributed by atoms with Gasteiger partial charge in [-0.2, -0.15) is 0 Å². The number of anilines is 1. The third-order valence-electron chi connectivity index (χ3n) is 4.62. The first-order valence-corrected chi connectivity index (χ1v) is 10.1. The van der Waals surface area contributed by atoms with Crippen molar-refractivity contribution in [1.29, 1.82) is 0 Å². The van der Waals surface area contributed by atoms with E-state index < -0.39 is 28.3 Å². The molecule has 0 amide bonds. The van der Waals surface area contributed by atoms with Crippen LogP contribution in [-0.4, -0.2) is 44.6 Å². The van der Waals surface area contributed by atoms with Gasteiger partial charge in [-0.1, -0.05) is 13.3 Å². The van der Waals surface area contributed by atoms with Gasteiger partial charge < -0.3 is 14.0 Å². The molecule has 2 rings (SSSR count). The topological polar surface area (TPSA) is 86.8 Å². The van der Waals surface area contributed by atoms with Gasteiger partial charge in [0.15, 0.2) is 0 Å². The number of unbranched alkanes of at least 4 members (excludes halogenated alkanes) is 1. The van der Waals surface area contributed by atoms with Crippen LogP contribution in [-0.2, 0) is 19.3 Å². The highest BCUT2D eigenvalue weighted by molar-refractivity contribution is 7.92. The van der Waals surface area contributed by atoms with Crippen molar-refractivity contribution in [3.05, 3.63) is 12.3 Å². The first kappa shape index (κ1) is 20.0. The molecule has 1 aromatic rings. The molecule has 1 aliphatic heterocycles. The van der Waals surface area contributed by atoms with E-state index >= 15 is 0 Å². The number of aromatic nitrogens is 1. The Kier molecular flexibility index (Phi) is 5.70. The molecule has 140 valence electrons. The van der Waals surface area contributed by atoms with Crippen LogP contribution in [0.25, 0.3) is 0 Å². The highest BCUT2D eigenvalue weighted by Gasteiger charge is 2.52. The normalized spacial score (nSPS) is 19.0. The van der Waals surface area contributed by atoms with Gasteiger partial charge in [-0.15, -0.1) is 0 Å². The summed E-state index contributed by atoms with van der Waals surface area (Å²) in [6, 6.07) is 1.65. The van der Waals surface area contributed by atoms with Crippen LogP contribution < -0.4 is 14.9 Å². The van der Waals surface area contributed by atoms with Gasteiger partial charge in [0.1, 0.15) is 5.69 Å². The molecule has 9 heteroatoms. The van der Waals surface area contributed by atoms with E-state index in [0.717, 1.165) is 6.42 Å². The summed E-state index contributed by atoms with van der Waals surface area (Å²) < 4.78 is 44.1. The Labute approximate surface area is 150 Å². The quantitative estimate of drug-likeness (QED) is 0.738. The predicted molar refractivity (Wildman–Crippen MR) is 98.8 cm³/mol. The summed E-state index contributed by atoms with van der Waals surface area (Å²) in [5.74, 6) is 0.258. The minimum atomic E-state index is -3.47. The summed E-state index contributed by atoms with van der Waals surface area (Å²) in [6.07, 6.45) is 2.96. The van der Waals surface area contributed by atoms with Crippen LogP contribution >= 0.6 is 0 Å². The number of pyridine rings is 1. The molecule has 0 aliphatic carbocycles. The molecule has 1 N–H and O–H groups in total. The first-order valence-electron chi connectivity index (χ1n) is 8.41. The largest absolute Gasteiger partial charge is 0.496 e. The first-order chi connectivity index (χ1) is 11.5. The molecule has 1 aliphatic rings. The van der Waals surface area contributed by atoms with Crippen molar-refractivity contribution in [3.8, 4) is 5.88 Å². The lowest BCUT2D eigenvalue weighted by Gasteiger charge is -2.32. The predicted octanol–water partition coefficient (Wildman–Crippen LogP) is 1.93. The number of rotatable bonds is 7. The second kappa shape index (κ2) is 7.13. The van der Waals surface area contributed by atoms with E-state index in [0.29, 0.717) is 11.9 Å². The van der Waals surface area contributed by atoms with Crippen LogP contribution in [0.5, 0.6) is 5.88 Å².